The lowest BCUT2D eigenvalue weighted by atomic mass is 9.79. The van der Waals surface area contributed by atoms with Crippen molar-refractivity contribution < 1.29 is 9.59 Å². The van der Waals surface area contributed by atoms with Crippen LogP contribution in [0.25, 0.3) is 0 Å². The highest BCUT2D eigenvalue weighted by atomic mass is 16.2. The molecule has 1 aliphatic carbocycles. The molecule has 6 nitrogen and oxygen atoms in total. The number of rotatable bonds is 4. The Labute approximate surface area is 165 Å². The molecular weight excluding hydrogens is 352 g/mol. The predicted molar refractivity (Wildman–Crippen MR) is 109 cm³/mol. The van der Waals surface area contributed by atoms with E-state index in [0.717, 1.165) is 35.5 Å². The Hall–Kier alpha value is -2.89. The number of nitrogens with two attached hydrogens (primary N) is 1. The SMILES string of the molecule is CC(=O)N1c2ccc(C(N)=O)cc2[C@H](Nc2ccc(C)nc2)[C@@H](C)[C@@H]1C1CC1. The van der Waals surface area contributed by atoms with Crippen LogP contribution in [0, 0.1) is 18.8 Å². The number of carbonyl (C=O) groups is 2. The molecular formula is C22H26N4O2. The van der Waals surface area contributed by atoms with Gasteiger partial charge in [0.05, 0.1) is 17.9 Å². The van der Waals surface area contributed by atoms with Crippen LogP contribution in [0.3, 0.4) is 0 Å². The van der Waals surface area contributed by atoms with Crippen LogP contribution in [0.1, 0.15) is 54.3 Å². The molecule has 1 fully saturated rings. The van der Waals surface area contributed by atoms with Gasteiger partial charge in [-0.3, -0.25) is 14.6 Å². The van der Waals surface area contributed by atoms with Crippen molar-refractivity contribution in [2.24, 2.45) is 17.6 Å². The standard InChI is InChI=1S/C22H26N4O2/c1-12-4-8-17(11-24-12)25-20-13(2)21(15-5-6-15)26(14(3)27)19-9-7-16(22(23)28)10-18(19)20/h4,7-11,13,15,20-21,25H,5-6H2,1-3H3,(H2,23,28)/t13-,20-,21-/m1/s1. The van der Waals surface area contributed by atoms with Crippen LogP contribution in [0.4, 0.5) is 11.4 Å². The van der Waals surface area contributed by atoms with Crippen molar-refractivity contribution in [3.63, 3.8) is 0 Å². The highest BCUT2D eigenvalue weighted by Crippen LogP contribution is 2.50. The van der Waals surface area contributed by atoms with E-state index in [0.29, 0.717) is 11.5 Å². The van der Waals surface area contributed by atoms with Gasteiger partial charge in [0.15, 0.2) is 0 Å². The number of aryl methyl sites for hydroxylation is 1. The van der Waals surface area contributed by atoms with E-state index in [-0.39, 0.29) is 23.9 Å². The number of aromatic nitrogens is 1. The first-order valence-corrected chi connectivity index (χ1v) is 9.79. The molecule has 28 heavy (non-hydrogen) atoms. The molecule has 2 heterocycles. The van der Waals surface area contributed by atoms with Crippen molar-refractivity contribution in [2.75, 3.05) is 10.2 Å². The Morgan fingerprint density at radius 3 is 2.54 bits per heavy atom. The minimum Gasteiger partial charge on any atom is -0.377 e. The number of pyridine rings is 1. The van der Waals surface area contributed by atoms with Gasteiger partial charge < -0.3 is 16.0 Å². The van der Waals surface area contributed by atoms with E-state index in [1.165, 1.54) is 0 Å². The normalized spacial score (nSPS) is 23.8. The number of anilines is 2. The molecule has 1 aliphatic heterocycles. The first-order valence-electron chi connectivity index (χ1n) is 9.79. The van der Waals surface area contributed by atoms with Crippen LogP contribution < -0.4 is 16.0 Å². The predicted octanol–water partition coefficient (Wildman–Crippen LogP) is 3.42. The number of nitrogens with zero attached hydrogens (tertiary/aromatic N) is 2. The van der Waals surface area contributed by atoms with E-state index in [1.807, 2.05) is 42.3 Å². The molecule has 0 spiro atoms. The highest BCUT2D eigenvalue weighted by Gasteiger charge is 2.47. The maximum Gasteiger partial charge on any atom is 0.248 e. The fourth-order valence-electron chi connectivity index (χ4n) is 4.45. The molecule has 6 heteroatoms. The third-order valence-corrected chi connectivity index (χ3v) is 5.95. The molecule has 4 rings (SSSR count). The van der Waals surface area contributed by atoms with Crippen LogP contribution in [0.5, 0.6) is 0 Å². The number of primary amides is 1. The van der Waals surface area contributed by atoms with Gasteiger partial charge in [-0.1, -0.05) is 6.92 Å². The van der Waals surface area contributed by atoms with Gasteiger partial charge in [-0.25, -0.2) is 0 Å². The van der Waals surface area contributed by atoms with Crippen molar-refractivity contribution in [1.82, 2.24) is 4.98 Å². The molecule has 1 saturated carbocycles. The quantitative estimate of drug-likeness (QED) is 0.853. The Kier molecular flexibility index (Phi) is 4.57. The maximum absolute atomic E-state index is 12.6. The first-order chi connectivity index (χ1) is 13.4. The minimum absolute atomic E-state index is 0.0345. The smallest absolute Gasteiger partial charge is 0.248 e. The largest absolute Gasteiger partial charge is 0.377 e. The number of carbonyl (C=O) groups excluding carboxylic acids is 2. The van der Waals surface area contributed by atoms with Gasteiger partial charge in [-0.2, -0.15) is 0 Å². The van der Waals surface area contributed by atoms with Crippen LogP contribution in [-0.2, 0) is 4.79 Å². The van der Waals surface area contributed by atoms with Crippen LogP contribution >= 0.6 is 0 Å². The second-order valence-electron chi connectivity index (χ2n) is 8.02. The van der Waals surface area contributed by atoms with Gasteiger partial charge in [0.25, 0.3) is 0 Å². The second-order valence-corrected chi connectivity index (χ2v) is 8.02. The summed E-state index contributed by atoms with van der Waals surface area (Å²) in [7, 11) is 0. The Morgan fingerprint density at radius 1 is 1.21 bits per heavy atom. The molecule has 0 radical (unpaired) electrons. The third-order valence-electron chi connectivity index (χ3n) is 5.95. The summed E-state index contributed by atoms with van der Waals surface area (Å²) in [4.78, 5) is 30.7. The van der Waals surface area contributed by atoms with Gasteiger partial charge in [-0.15, -0.1) is 0 Å². The molecule has 0 bridgehead atoms. The van der Waals surface area contributed by atoms with Crippen molar-refractivity contribution in [2.45, 2.75) is 45.7 Å². The lowest BCUT2D eigenvalue weighted by molar-refractivity contribution is -0.117. The molecule has 0 unspecified atom stereocenters. The summed E-state index contributed by atoms with van der Waals surface area (Å²) < 4.78 is 0. The summed E-state index contributed by atoms with van der Waals surface area (Å²) in [6.07, 6.45) is 4.11. The van der Waals surface area contributed by atoms with Crippen LogP contribution in [0.15, 0.2) is 36.5 Å². The van der Waals surface area contributed by atoms with E-state index >= 15 is 0 Å². The lowest BCUT2D eigenvalue weighted by Gasteiger charge is -2.46. The van der Waals surface area contributed by atoms with Gasteiger partial charge >= 0.3 is 0 Å². The van der Waals surface area contributed by atoms with E-state index in [9.17, 15) is 9.59 Å². The monoisotopic (exact) mass is 378 g/mol. The fourth-order valence-corrected chi connectivity index (χ4v) is 4.45. The van der Waals surface area contributed by atoms with E-state index in [1.54, 1.807) is 13.0 Å². The van der Waals surface area contributed by atoms with Crippen molar-refractivity contribution in [1.29, 1.82) is 0 Å². The average Bonchev–Trinajstić information content (AvgIpc) is 3.49. The minimum atomic E-state index is -0.468. The summed E-state index contributed by atoms with van der Waals surface area (Å²) in [5.74, 6) is 0.258. The number of amides is 2. The van der Waals surface area contributed by atoms with Gasteiger partial charge in [0, 0.05) is 35.8 Å². The van der Waals surface area contributed by atoms with Crippen LogP contribution in [-0.4, -0.2) is 22.8 Å². The van der Waals surface area contributed by atoms with Gasteiger partial charge in [0.1, 0.15) is 0 Å². The average molecular weight is 378 g/mol. The molecule has 3 N–H and O–H groups in total. The summed E-state index contributed by atoms with van der Waals surface area (Å²) in [5.41, 5.74) is 9.65. The number of hydrogen-bond acceptors (Lipinski definition) is 4. The molecule has 0 saturated heterocycles. The first kappa shape index (κ1) is 18.5. The lowest BCUT2D eigenvalue weighted by Crippen LogP contribution is -2.51. The zero-order chi connectivity index (χ0) is 20.0. The summed E-state index contributed by atoms with van der Waals surface area (Å²) in [6, 6.07) is 9.47. The Bertz CT molecular complexity index is 921. The van der Waals surface area contributed by atoms with E-state index in [2.05, 4.69) is 17.2 Å². The third kappa shape index (κ3) is 3.23. The summed E-state index contributed by atoms with van der Waals surface area (Å²) in [5, 5.41) is 3.60. The molecule has 1 aromatic carbocycles. The Morgan fingerprint density at radius 2 is 1.96 bits per heavy atom. The molecule has 1 aromatic heterocycles. The molecule has 146 valence electrons. The van der Waals surface area contributed by atoms with Crippen molar-refractivity contribution in [3.05, 3.63) is 53.3 Å². The molecule has 2 aromatic rings. The van der Waals surface area contributed by atoms with Crippen molar-refractivity contribution >= 4 is 23.2 Å². The topological polar surface area (TPSA) is 88.3 Å². The number of benzene rings is 1. The zero-order valence-electron chi connectivity index (χ0n) is 16.5. The molecule has 2 aliphatic rings. The van der Waals surface area contributed by atoms with E-state index in [4.69, 9.17) is 5.73 Å². The molecule has 3 atom stereocenters. The number of nitrogens with one attached hydrogen (secondary N) is 1. The van der Waals surface area contributed by atoms with Crippen molar-refractivity contribution in [3.8, 4) is 0 Å². The Balaban J connectivity index is 1.82. The van der Waals surface area contributed by atoms with Crippen LogP contribution in [0.2, 0.25) is 0 Å². The van der Waals surface area contributed by atoms with E-state index < -0.39 is 5.91 Å². The zero-order valence-corrected chi connectivity index (χ0v) is 16.5. The van der Waals surface area contributed by atoms with Gasteiger partial charge in [0.2, 0.25) is 11.8 Å². The molecule has 2 amide bonds. The summed E-state index contributed by atoms with van der Waals surface area (Å²) >= 11 is 0. The highest BCUT2D eigenvalue weighted by molar-refractivity contribution is 5.97. The maximum atomic E-state index is 12.6. The summed E-state index contributed by atoms with van der Waals surface area (Å²) in [6.45, 7) is 5.75. The number of fused-ring (bicyclic) bond motifs is 1. The second kappa shape index (κ2) is 6.93. The fraction of sp³-hybridized carbons (Fsp3) is 0.409. The van der Waals surface area contributed by atoms with Gasteiger partial charge in [-0.05, 0) is 61.6 Å². The number of hydrogen-bond donors (Lipinski definition) is 2.